The van der Waals surface area contributed by atoms with Crippen molar-refractivity contribution in [1.82, 2.24) is 0 Å². The van der Waals surface area contributed by atoms with Crippen LogP contribution in [-0.4, -0.2) is 15.5 Å². The van der Waals surface area contributed by atoms with Crippen molar-refractivity contribution in [2.24, 2.45) is 0 Å². The zero-order chi connectivity index (χ0) is 7.99. The van der Waals surface area contributed by atoms with E-state index in [-0.39, 0.29) is 15.5 Å². The van der Waals surface area contributed by atoms with Gasteiger partial charge in [-0.15, -0.1) is 0 Å². The summed E-state index contributed by atoms with van der Waals surface area (Å²) in [6.45, 7) is 8.19. The van der Waals surface area contributed by atoms with Crippen LogP contribution in [0, 0.1) is 0 Å². The Kier molecular flexibility index (Phi) is 2.03. The number of halogens is 1. The number of rotatable bonds is 0. The second kappa shape index (κ2) is 2.32. The van der Waals surface area contributed by atoms with Crippen LogP contribution in [0.25, 0.3) is 0 Å². The Balaban J connectivity index is 2.78. The molecular weight excluding hydrogens is 243 g/mol. The fraction of sp³-hybridized carbons (Fsp3) is 1.00. The maximum atomic E-state index is 5.53. The summed E-state index contributed by atoms with van der Waals surface area (Å²) in [7, 11) is 0. The molecule has 0 unspecified atom stereocenters. The van der Waals surface area contributed by atoms with Crippen LogP contribution < -0.4 is 0 Å². The molecule has 3 heteroatoms. The first-order valence-corrected chi connectivity index (χ1v) is 4.59. The Bertz CT molecular complexity index is 127. The number of alkyl halides is 1. The molecule has 0 aromatic heterocycles. The molecule has 10 heavy (non-hydrogen) atoms. The van der Waals surface area contributed by atoms with E-state index in [1.807, 2.05) is 27.7 Å². The zero-order valence-corrected chi connectivity index (χ0v) is 8.93. The van der Waals surface area contributed by atoms with Gasteiger partial charge in [0.15, 0.2) is 0 Å². The summed E-state index contributed by atoms with van der Waals surface area (Å²) in [5.41, 5.74) is -0.336. The van der Waals surface area contributed by atoms with Crippen molar-refractivity contribution in [3.63, 3.8) is 0 Å². The van der Waals surface area contributed by atoms with E-state index >= 15 is 0 Å². The van der Waals surface area contributed by atoms with Gasteiger partial charge in [-0.2, -0.15) is 0 Å². The van der Waals surface area contributed by atoms with Crippen LogP contribution in [0.5, 0.6) is 0 Å². The fourth-order valence-corrected chi connectivity index (χ4v) is 2.04. The summed E-state index contributed by atoms with van der Waals surface area (Å²) in [5.74, 6) is 0. The maximum Gasteiger partial charge on any atom is 0.211 e. The van der Waals surface area contributed by atoms with Gasteiger partial charge >= 0.3 is 0 Å². The predicted octanol–water partition coefficient (Wildman–Crippen LogP) is 2.31. The van der Waals surface area contributed by atoms with E-state index in [9.17, 15) is 0 Å². The van der Waals surface area contributed by atoms with Gasteiger partial charge in [-0.05, 0) is 50.3 Å². The van der Waals surface area contributed by atoms with Crippen molar-refractivity contribution in [2.45, 2.75) is 43.2 Å². The summed E-state index contributed by atoms with van der Waals surface area (Å²) in [4.78, 5) is 0. The lowest BCUT2D eigenvalue weighted by Gasteiger charge is -2.30. The van der Waals surface area contributed by atoms with Gasteiger partial charge < -0.3 is 9.47 Å². The SMILES string of the molecule is CC1(C)OC(I)OC1(C)C. The molecule has 0 aromatic rings. The fourth-order valence-electron chi connectivity index (χ4n) is 0.771. The van der Waals surface area contributed by atoms with Crippen molar-refractivity contribution in [1.29, 1.82) is 0 Å². The highest BCUT2D eigenvalue weighted by atomic mass is 127. The summed E-state index contributed by atoms with van der Waals surface area (Å²) in [6.07, 6.45) is 0. The van der Waals surface area contributed by atoms with Crippen LogP contribution >= 0.6 is 22.6 Å². The van der Waals surface area contributed by atoms with Crippen molar-refractivity contribution in [2.75, 3.05) is 0 Å². The summed E-state index contributed by atoms with van der Waals surface area (Å²) >= 11 is 2.14. The normalized spacial score (nSPS) is 30.9. The molecule has 1 saturated heterocycles. The Hall–Kier alpha value is 0.650. The van der Waals surface area contributed by atoms with Gasteiger partial charge in [0.05, 0.1) is 11.2 Å². The van der Waals surface area contributed by atoms with E-state index in [1.54, 1.807) is 0 Å². The largest absolute Gasteiger partial charge is 0.335 e. The average Bonchev–Trinajstić information content (AvgIpc) is 1.73. The van der Waals surface area contributed by atoms with Gasteiger partial charge in [0, 0.05) is 0 Å². The van der Waals surface area contributed by atoms with Crippen LogP contribution in [0.15, 0.2) is 0 Å². The molecule has 0 saturated carbocycles. The molecule has 0 N–H and O–H groups in total. The molecule has 1 aliphatic rings. The van der Waals surface area contributed by atoms with E-state index < -0.39 is 0 Å². The Morgan fingerprint density at radius 2 is 1.30 bits per heavy atom. The molecule has 1 rings (SSSR count). The third kappa shape index (κ3) is 1.31. The molecule has 1 fully saturated rings. The molecule has 0 atom stereocenters. The second-order valence-electron chi connectivity index (χ2n) is 3.53. The smallest absolute Gasteiger partial charge is 0.211 e. The zero-order valence-electron chi connectivity index (χ0n) is 6.77. The Morgan fingerprint density at radius 3 is 1.40 bits per heavy atom. The Labute approximate surface area is 75.4 Å². The van der Waals surface area contributed by atoms with Crippen LogP contribution in [0.3, 0.4) is 0 Å². The van der Waals surface area contributed by atoms with Crippen molar-refractivity contribution in [3.8, 4) is 0 Å². The topological polar surface area (TPSA) is 18.5 Å². The lowest BCUT2D eigenvalue weighted by molar-refractivity contribution is -0.00453. The van der Waals surface area contributed by atoms with E-state index in [1.165, 1.54) is 0 Å². The molecule has 1 aliphatic heterocycles. The van der Waals surface area contributed by atoms with Gasteiger partial charge in [-0.3, -0.25) is 0 Å². The quantitative estimate of drug-likeness (QED) is 0.489. The van der Waals surface area contributed by atoms with Crippen LogP contribution in [0.2, 0.25) is 0 Å². The Morgan fingerprint density at radius 1 is 1.00 bits per heavy atom. The molecule has 1 heterocycles. The molecule has 2 nitrogen and oxygen atoms in total. The monoisotopic (exact) mass is 256 g/mol. The summed E-state index contributed by atoms with van der Waals surface area (Å²) < 4.78 is 11.0. The number of hydrogen-bond donors (Lipinski definition) is 0. The van der Waals surface area contributed by atoms with Crippen molar-refractivity contribution >= 4 is 22.6 Å². The van der Waals surface area contributed by atoms with E-state index in [2.05, 4.69) is 22.6 Å². The molecule has 60 valence electrons. The molecule has 0 radical (unpaired) electrons. The molecule has 0 spiro atoms. The standard InChI is InChI=1S/C7H13IO2/c1-6(2)7(3,4)10-5(8)9-6/h5H,1-4H3. The third-order valence-electron chi connectivity index (χ3n) is 2.22. The first kappa shape index (κ1) is 8.74. The first-order valence-electron chi connectivity index (χ1n) is 3.35. The van der Waals surface area contributed by atoms with E-state index in [0.717, 1.165) is 0 Å². The predicted molar refractivity (Wildman–Crippen MR) is 48.1 cm³/mol. The molecule has 0 amide bonds. The highest BCUT2D eigenvalue weighted by Gasteiger charge is 2.48. The minimum atomic E-state index is -0.168. The molecule has 0 aromatic carbocycles. The van der Waals surface area contributed by atoms with Gasteiger partial charge in [0.25, 0.3) is 0 Å². The van der Waals surface area contributed by atoms with Crippen LogP contribution in [-0.2, 0) is 9.47 Å². The van der Waals surface area contributed by atoms with Crippen LogP contribution in [0.1, 0.15) is 27.7 Å². The molecule has 0 aliphatic carbocycles. The maximum absolute atomic E-state index is 5.53. The van der Waals surface area contributed by atoms with Gasteiger partial charge in [0.2, 0.25) is 4.30 Å². The first-order chi connectivity index (χ1) is 4.35. The highest BCUT2D eigenvalue weighted by molar-refractivity contribution is 14.1. The van der Waals surface area contributed by atoms with E-state index in [0.29, 0.717) is 0 Å². The van der Waals surface area contributed by atoms with Gasteiger partial charge in [-0.25, -0.2) is 0 Å². The van der Waals surface area contributed by atoms with Crippen molar-refractivity contribution < 1.29 is 9.47 Å². The number of hydrogen-bond acceptors (Lipinski definition) is 2. The second-order valence-corrected chi connectivity index (χ2v) is 4.55. The minimum absolute atomic E-state index is 0.0948. The highest BCUT2D eigenvalue weighted by Crippen LogP contribution is 2.39. The lowest BCUT2D eigenvalue weighted by Crippen LogP contribution is -2.41. The average molecular weight is 256 g/mol. The van der Waals surface area contributed by atoms with Crippen molar-refractivity contribution in [3.05, 3.63) is 0 Å². The summed E-state index contributed by atoms with van der Waals surface area (Å²) in [6, 6.07) is 0. The van der Waals surface area contributed by atoms with Gasteiger partial charge in [-0.1, -0.05) is 0 Å². The minimum Gasteiger partial charge on any atom is -0.335 e. The van der Waals surface area contributed by atoms with Crippen LogP contribution in [0.4, 0.5) is 0 Å². The molecular formula is C7H13IO2. The summed E-state index contributed by atoms with van der Waals surface area (Å²) in [5, 5.41) is 0. The van der Waals surface area contributed by atoms with E-state index in [4.69, 9.17) is 9.47 Å². The number of ether oxygens (including phenoxy) is 2. The molecule has 0 bridgehead atoms. The van der Waals surface area contributed by atoms with Gasteiger partial charge in [0.1, 0.15) is 0 Å². The lowest BCUT2D eigenvalue weighted by atomic mass is 9.90. The third-order valence-corrected chi connectivity index (χ3v) is 2.73.